The molecule has 1 aromatic carbocycles. The summed E-state index contributed by atoms with van der Waals surface area (Å²) in [5, 5.41) is 7.34. The minimum Gasteiger partial charge on any atom is -0.496 e. The monoisotopic (exact) mass is 294 g/mol. The quantitative estimate of drug-likeness (QED) is 0.877. The van der Waals surface area contributed by atoms with E-state index in [-0.39, 0.29) is 5.91 Å². The largest absolute Gasteiger partial charge is 0.496 e. The number of carbonyl (C=O) groups is 1. The molecule has 0 saturated carbocycles. The first kappa shape index (κ1) is 14.2. The van der Waals surface area contributed by atoms with Gasteiger partial charge >= 0.3 is 0 Å². The van der Waals surface area contributed by atoms with Crippen LogP contribution in [-0.4, -0.2) is 29.3 Å². The molecule has 2 rings (SSSR count). The standard InChI is InChI=1S/C13H15ClN4O2/c1-20-12-6-9(14)2-3-11(12)13(19)16-4-5-18-8-10(15)7-17-18/h2-3,6-8H,4-5,15H2,1H3,(H,16,19). The number of hydrogen-bond donors (Lipinski definition) is 2. The number of rotatable bonds is 5. The molecule has 0 radical (unpaired) electrons. The zero-order valence-corrected chi connectivity index (χ0v) is 11.7. The Labute approximate surface area is 121 Å². The molecule has 0 atom stereocenters. The third-order valence-corrected chi connectivity index (χ3v) is 2.92. The summed E-state index contributed by atoms with van der Waals surface area (Å²) in [6.07, 6.45) is 3.26. The fourth-order valence-corrected chi connectivity index (χ4v) is 1.90. The molecule has 3 N–H and O–H groups in total. The summed E-state index contributed by atoms with van der Waals surface area (Å²) < 4.78 is 6.80. The lowest BCUT2D eigenvalue weighted by atomic mass is 10.2. The molecule has 0 aliphatic heterocycles. The topological polar surface area (TPSA) is 82.2 Å². The van der Waals surface area contributed by atoms with Gasteiger partial charge in [-0.25, -0.2) is 0 Å². The first-order valence-electron chi connectivity index (χ1n) is 6.00. The van der Waals surface area contributed by atoms with E-state index in [1.54, 1.807) is 35.3 Å². The molecule has 7 heteroatoms. The maximum absolute atomic E-state index is 12.0. The summed E-state index contributed by atoms with van der Waals surface area (Å²) in [4.78, 5) is 12.0. The van der Waals surface area contributed by atoms with Crippen molar-refractivity contribution in [2.45, 2.75) is 6.54 Å². The Bertz CT molecular complexity index is 612. The Morgan fingerprint density at radius 2 is 2.35 bits per heavy atom. The van der Waals surface area contributed by atoms with Gasteiger partial charge in [0.05, 0.1) is 31.1 Å². The van der Waals surface area contributed by atoms with E-state index in [1.165, 1.54) is 7.11 Å². The van der Waals surface area contributed by atoms with Crippen LogP contribution in [0.4, 0.5) is 5.69 Å². The third kappa shape index (κ3) is 3.42. The molecule has 0 bridgehead atoms. The molecule has 0 spiro atoms. The highest BCUT2D eigenvalue weighted by Gasteiger charge is 2.12. The molecule has 0 aliphatic rings. The van der Waals surface area contributed by atoms with Gasteiger partial charge in [0.25, 0.3) is 5.91 Å². The van der Waals surface area contributed by atoms with Crippen LogP contribution >= 0.6 is 11.6 Å². The minimum atomic E-state index is -0.223. The Balaban J connectivity index is 1.95. The third-order valence-electron chi connectivity index (χ3n) is 2.69. The molecule has 106 valence electrons. The predicted octanol–water partition coefficient (Wildman–Crippen LogP) is 1.56. The zero-order chi connectivity index (χ0) is 14.5. The van der Waals surface area contributed by atoms with Gasteiger partial charge in [-0.1, -0.05) is 11.6 Å². The number of carbonyl (C=O) groups excluding carboxylic acids is 1. The predicted molar refractivity (Wildman–Crippen MR) is 77.0 cm³/mol. The van der Waals surface area contributed by atoms with E-state index in [2.05, 4.69) is 10.4 Å². The number of aromatic nitrogens is 2. The Morgan fingerprint density at radius 3 is 3.00 bits per heavy atom. The molecule has 0 unspecified atom stereocenters. The number of nitrogen functional groups attached to an aromatic ring is 1. The van der Waals surface area contributed by atoms with Gasteiger partial charge in [0.15, 0.2) is 0 Å². The zero-order valence-electron chi connectivity index (χ0n) is 11.0. The summed E-state index contributed by atoms with van der Waals surface area (Å²) in [5.74, 6) is 0.219. The average Bonchev–Trinajstić information content (AvgIpc) is 2.84. The second kappa shape index (κ2) is 6.29. The molecular formula is C13H15ClN4O2. The number of halogens is 1. The Morgan fingerprint density at radius 1 is 1.55 bits per heavy atom. The summed E-state index contributed by atoms with van der Waals surface area (Å²) >= 11 is 5.85. The molecule has 1 amide bonds. The summed E-state index contributed by atoms with van der Waals surface area (Å²) in [5.41, 5.74) is 6.59. The Hall–Kier alpha value is -2.21. The number of methoxy groups -OCH3 is 1. The number of nitrogens with two attached hydrogens (primary N) is 1. The van der Waals surface area contributed by atoms with Gasteiger partial charge in [-0.2, -0.15) is 5.10 Å². The fourth-order valence-electron chi connectivity index (χ4n) is 1.73. The molecule has 2 aromatic rings. The number of hydrogen-bond acceptors (Lipinski definition) is 4. The van der Waals surface area contributed by atoms with Crippen molar-refractivity contribution in [3.63, 3.8) is 0 Å². The van der Waals surface area contributed by atoms with E-state index in [0.29, 0.717) is 35.1 Å². The van der Waals surface area contributed by atoms with Crippen molar-refractivity contribution in [1.82, 2.24) is 15.1 Å². The Kier molecular flexibility index (Phi) is 4.47. The lowest BCUT2D eigenvalue weighted by Gasteiger charge is -2.09. The maximum Gasteiger partial charge on any atom is 0.255 e. The van der Waals surface area contributed by atoms with Crippen LogP contribution < -0.4 is 15.8 Å². The second-order valence-corrected chi connectivity index (χ2v) is 4.57. The molecule has 0 aliphatic carbocycles. The van der Waals surface area contributed by atoms with Crippen LogP contribution in [0.3, 0.4) is 0 Å². The molecule has 1 aromatic heterocycles. The van der Waals surface area contributed by atoms with E-state index in [0.717, 1.165) is 0 Å². The fraction of sp³-hybridized carbons (Fsp3) is 0.231. The molecule has 20 heavy (non-hydrogen) atoms. The SMILES string of the molecule is COc1cc(Cl)ccc1C(=O)NCCn1cc(N)cn1. The van der Waals surface area contributed by atoms with Gasteiger partial charge in [0.1, 0.15) is 5.75 Å². The summed E-state index contributed by atoms with van der Waals surface area (Å²) in [7, 11) is 1.49. The lowest BCUT2D eigenvalue weighted by molar-refractivity contribution is 0.0949. The number of anilines is 1. The second-order valence-electron chi connectivity index (χ2n) is 4.14. The van der Waals surface area contributed by atoms with Crippen molar-refractivity contribution in [2.75, 3.05) is 19.4 Å². The molecule has 1 heterocycles. The van der Waals surface area contributed by atoms with Gasteiger partial charge < -0.3 is 15.8 Å². The minimum absolute atomic E-state index is 0.223. The van der Waals surface area contributed by atoms with Crippen molar-refractivity contribution in [2.24, 2.45) is 0 Å². The van der Waals surface area contributed by atoms with E-state index >= 15 is 0 Å². The van der Waals surface area contributed by atoms with Crippen molar-refractivity contribution in [3.8, 4) is 5.75 Å². The highest BCUT2D eigenvalue weighted by molar-refractivity contribution is 6.30. The van der Waals surface area contributed by atoms with Crippen LogP contribution in [-0.2, 0) is 6.54 Å². The van der Waals surface area contributed by atoms with E-state index in [9.17, 15) is 4.79 Å². The van der Waals surface area contributed by atoms with Gasteiger partial charge in [-0.3, -0.25) is 9.48 Å². The normalized spacial score (nSPS) is 10.3. The highest BCUT2D eigenvalue weighted by atomic mass is 35.5. The first-order chi connectivity index (χ1) is 9.60. The summed E-state index contributed by atoms with van der Waals surface area (Å²) in [6.45, 7) is 0.977. The van der Waals surface area contributed by atoms with Crippen LogP contribution in [0.25, 0.3) is 0 Å². The molecular weight excluding hydrogens is 280 g/mol. The van der Waals surface area contributed by atoms with Crippen molar-refractivity contribution in [1.29, 1.82) is 0 Å². The smallest absolute Gasteiger partial charge is 0.255 e. The van der Waals surface area contributed by atoms with Gasteiger partial charge in [-0.05, 0) is 18.2 Å². The highest BCUT2D eigenvalue weighted by Crippen LogP contribution is 2.22. The number of benzene rings is 1. The van der Waals surface area contributed by atoms with Crippen LogP contribution in [0.15, 0.2) is 30.6 Å². The molecule has 0 saturated heterocycles. The number of amides is 1. The number of nitrogens with one attached hydrogen (secondary N) is 1. The van der Waals surface area contributed by atoms with Crippen molar-refractivity contribution >= 4 is 23.2 Å². The lowest BCUT2D eigenvalue weighted by Crippen LogP contribution is -2.27. The van der Waals surface area contributed by atoms with Crippen molar-refractivity contribution < 1.29 is 9.53 Å². The molecule has 0 fully saturated rings. The van der Waals surface area contributed by atoms with Crippen LogP contribution in [0.2, 0.25) is 5.02 Å². The maximum atomic E-state index is 12.0. The number of ether oxygens (including phenoxy) is 1. The number of nitrogens with zero attached hydrogens (tertiary/aromatic N) is 2. The van der Waals surface area contributed by atoms with Gasteiger partial charge in [0.2, 0.25) is 0 Å². The van der Waals surface area contributed by atoms with Crippen LogP contribution in [0.5, 0.6) is 5.75 Å². The average molecular weight is 295 g/mol. The van der Waals surface area contributed by atoms with E-state index < -0.39 is 0 Å². The summed E-state index contributed by atoms with van der Waals surface area (Å²) in [6, 6.07) is 4.88. The molecule has 6 nitrogen and oxygen atoms in total. The van der Waals surface area contributed by atoms with Crippen LogP contribution in [0.1, 0.15) is 10.4 Å². The van der Waals surface area contributed by atoms with Gasteiger partial charge in [0, 0.05) is 17.8 Å². The van der Waals surface area contributed by atoms with Crippen LogP contribution in [0, 0.1) is 0 Å². The van der Waals surface area contributed by atoms with E-state index in [1.807, 2.05) is 0 Å². The first-order valence-corrected chi connectivity index (χ1v) is 6.37. The van der Waals surface area contributed by atoms with E-state index in [4.69, 9.17) is 22.1 Å². The van der Waals surface area contributed by atoms with Gasteiger partial charge in [-0.15, -0.1) is 0 Å². The van der Waals surface area contributed by atoms with Crippen molar-refractivity contribution in [3.05, 3.63) is 41.2 Å².